The van der Waals surface area contributed by atoms with Crippen molar-refractivity contribution < 1.29 is 4.42 Å². The summed E-state index contributed by atoms with van der Waals surface area (Å²) in [7, 11) is 1.94. The minimum atomic E-state index is 0.585. The van der Waals surface area contributed by atoms with Crippen LogP contribution in [0.2, 0.25) is 0 Å². The smallest absolute Gasteiger partial charge is 0.197 e. The molecule has 2 aromatic heterocycles. The maximum absolute atomic E-state index is 5.79. The van der Waals surface area contributed by atoms with Gasteiger partial charge in [0, 0.05) is 31.6 Å². The van der Waals surface area contributed by atoms with Gasteiger partial charge in [-0.3, -0.25) is 0 Å². The summed E-state index contributed by atoms with van der Waals surface area (Å²) in [6, 6.07) is 1.87. The van der Waals surface area contributed by atoms with Crippen LogP contribution in [-0.2, 0) is 0 Å². The second-order valence-electron chi connectivity index (χ2n) is 3.40. The summed E-state index contributed by atoms with van der Waals surface area (Å²) in [5.41, 5.74) is 6.33. The van der Waals surface area contributed by atoms with Crippen molar-refractivity contribution in [1.29, 1.82) is 0 Å². The number of fused-ring (bicyclic) bond motifs is 1. The third-order valence-corrected chi connectivity index (χ3v) is 4.57. The minimum absolute atomic E-state index is 0.585. The third kappa shape index (κ3) is 2.15. The van der Waals surface area contributed by atoms with Crippen molar-refractivity contribution in [1.82, 2.24) is 0 Å². The summed E-state index contributed by atoms with van der Waals surface area (Å²) in [6.07, 6.45) is 0. The fraction of sp³-hybridized carbons (Fsp3) is 0.300. The average Bonchev–Trinajstić information content (AvgIpc) is 2.61. The zero-order valence-corrected chi connectivity index (χ0v) is 11.9. The van der Waals surface area contributed by atoms with Crippen molar-refractivity contribution in [2.45, 2.75) is 0 Å². The lowest BCUT2D eigenvalue weighted by atomic mass is 10.4. The van der Waals surface area contributed by atoms with Crippen molar-refractivity contribution in [3.63, 3.8) is 0 Å². The molecule has 2 aromatic rings. The van der Waals surface area contributed by atoms with E-state index >= 15 is 0 Å². The van der Waals surface area contributed by atoms with Gasteiger partial charge >= 0.3 is 0 Å². The van der Waals surface area contributed by atoms with Gasteiger partial charge in [0.25, 0.3) is 0 Å². The molecule has 2 rings (SSSR count). The highest BCUT2D eigenvalue weighted by Gasteiger charge is 2.10. The van der Waals surface area contributed by atoms with Gasteiger partial charge < -0.3 is 15.1 Å². The van der Waals surface area contributed by atoms with Crippen LogP contribution < -0.4 is 10.6 Å². The molecule has 2 heterocycles. The Balaban J connectivity index is 2.56. The molecule has 0 radical (unpaired) electrons. The van der Waals surface area contributed by atoms with Crippen LogP contribution in [0.15, 0.2) is 20.3 Å². The van der Waals surface area contributed by atoms with Crippen LogP contribution in [0.4, 0.5) is 5.88 Å². The molecule has 6 heteroatoms. The molecule has 0 spiro atoms. The number of nitrogens with two attached hydrogens (primary N) is 1. The van der Waals surface area contributed by atoms with Crippen LogP contribution >= 0.6 is 39.5 Å². The second kappa shape index (κ2) is 4.83. The maximum atomic E-state index is 5.79. The predicted octanol–water partition coefficient (Wildman–Crippen LogP) is 3.38. The van der Waals surface area contributed by atoms with Gasteiger partial charge in [-0.1, -0.05) is 12.2 Å². The summed E-state index contributed by atoms with van der Waals surface area (Å²) in [6.45, 7) is 1.33. The van der Waals surface area contributed by atoms with Gasteiger partial charge in [0.05, 0.1) is 13.7 Å². The molecule has 0 aliphatic rings. The van der Waals surface area contributed by atoms with E-state index in [4.69, 9.17) is 22.4 Å². The van der Waals surface area contributed by atoms with Crippen LogP contribution in [0.5, 0.6) is 0 Å². The molecule has 0 aliphatic heterocycles. The van der Waals surface area contributed by atoms with Gasteiger partial charge in [0.1, 0.15) is 0 Å². The van der Waals surface area contributed by atoms with Crippen molar-refractivity contribution in [2.24, 2.45) is 5.73 Å². The number of nitrogens with zero attached hydrogens (tertiary/aromatic N) is 1. The average molecular weight is 319 g/mol. The van der Waals surface area contributed by atoms with Gasteiger partial charge in [0.2, 0.25) is 0 Å². The molecular formula is C10H11BrN2OS2. The normalized spacial score (nSPS) is 10.9. The zero-order chi connectivity index (χ0) is 11.7. The van der Waals surface area contributed by atoms with E-state index in [1.807, 2.05) is 23.4 Å². The summed E-state index contributed by atoms with van der Waals surface area (Å²) in [5, 5.41) is 1.98. The molecule has 0 unspecified atom stereocenters. The molecule has 0 amide bonds. The van der Waals surface area contributed by atoms with Crippen molar-refractivity contribution >= 4 is 55.7 Å². The summed E-state index contributed by atoms with van der Waals surface area (Å²) < 4.78 is 8.56. The summed E-state index contributed by atoms with van der Waals surface area (Å²) in [4.78, 5) is 1.96. The summed E-state index contributed by atoms with van der Waals surface area (Å²) >= 11 is 10.4. The second-order valence-corrected chi connectivity index (χ2v) is 5.57. The molecule has 0 bridgehead atoms. The Morgan fingerprint density at radius 1 is 1.62 bits per heavy atom. The van der Waals surface area contributed by atoms with E-state index in [2.05, 4.69) is 15.9 Å². The zero-order valence-electron chi connectivity index (χ0n) is 8.70. The molecule has 2 N–H and O–H groups in total. The lowest BCUT2D eigenvalue weighted by molar-refractivity contribution is 0.586. The lowest BCUT2D eigenvalue weighted by Gasteiger charge is -2.16. The van der Waals surface area contributed by atoms with Crippen LogP contribution in [-0.4, -0.2) is 20.1 Å². The van der Waals surface area contributed by atoms with Gasteiger partial charge in [-0.05, 0) is 15.9 Å². The lowest BCUT2D eigenvalue weighted by Crippen LogP contribution is -2.24. The molecule has 0 aromatic carbocycles. The topological polar surface area (TPSA) is 42.4 Å². The highest BCUT2D eigenvalue weighted by atomic mass is 79.9. The van der Waals surface area contributed by atoms with Crippen LogP contribution in [0.25, 0.3) is 10.3 Å². The number of hydrogen-bond donors (Lipinski definition) is 1. The monoisotopic (exact) mass is 318 g/mol. The Morgan fingerprint density at radius 2 is 2.38 bits per heavy atom. The van der Waals surface area contributed by atoms with E-state index in [0.29, 0.717) is 6.54 Å². The quantitative estimate of drug-likeness (QED) is 0.881. The first kappa shape index (κ1) is 12.0. The van der Waals surface area contributed by atoms with Crippen LogP contribution in [0, 0.1) is 4.51 Å². The number of anilines is 1. The fourth-order valence-electron chi connectivity index (χ4n) is 1.39. The Bertz CT molecular complexity index is 563. The number of likely N-dealkylation sites (N-methyl/N-ethyl adjacent to an activating group) is 1. The maximum Gasteiger partial charge on any atom is 0.197 e. The minimum Gasteiger partial charge on any atom is -0.438 e. The Kier molecular flexibility index (Phi) is 3.63. The Morgan fingerprint density at radius 3 is 3.06 bits per heavy atom. The fourth-order valence-corrected chi connectivity index (χ4v) is 3.19. The largest absolute Gasteiger partial charge is 0.438 e. The first-order chi connectivity index (χ1) is 7.63. The standard InChI is InChI=1S/C10H11BrN2OS2/c1-13(3-2-12)8-4-7(15)10-9(14-8)6(11)5-16-10/h4-5H,2-3,12H2,1H3. The van der Waals surface area contributed by atoms with Crippen molar-refractivity contribution in [3.8, 4) is 0 Å². The SMILES string of the molecule is CN(CCN)c1cc(=S)c2scc(Br)c2o1. The van der Waals surface area contributed by atoms with E-state index < -0.39 is 0 Å². The van der Waals surface area contributed by atoms with E-state index in [1.165, 1.54) is 0 Å². The van der Waals surface area contributed by atoms with Gasteiger partial charge in [-0.15, -0.1) is 11.3 Å². The van der Waals surface area contributed by atoms with E-state index in [1.54, 1.807) is 11.3 Å². The number of thiophene rings is 1. The summed E-state index contributed by atoms with van der Waals surface area (Å²) in [5.74, 6) is 0.752. The molecule has 86 valence electrons. The van der Waals surface area contributed by atoms with Gasteiger partial charge in [-0.2, -0.15) is 0 Å². The molecule has 0 saturated heterocycles. The third-order valence-electron chi connectivity index (χ3n) is 2.23. The highest BCUT2D eigenvalue weighted by molar-refractivity contribution is 9.10. The molecule has 0 atom stereocenters. The van der Waals surface area contributed by atoms with Gasteiger partial charge in [0.15, 0.2) is 11.5 Å². The van der Waals surface area contributed by atoms with E-state index in [-0.39, 0.29) is 0 Å². The Hall–Kier alpha value is -0.430. The predicted molar refractivity (Wildman–Crippen MR) is 74.9 cm³/mol. The number of rotatable bonds is 3. The number of hydrogen-bond acceptors (Lipinski definition) is 5. The first-order valence-electron chi connectivity index (χ1n) is 4.75. The van der Waals surface area contributed by atoms with Crippen LogP contribution in [0.3, 0.4) is 0 Å². The van der Waals surface area contributed by atoms with E-state index in [0.717, 1.165) is 31.7 Å². The first-order valence-corrected chi connectivity index (χ1v) is 6.83. The van der Waals surface area contributed by atoms with Crippen LogP contribution in [0.1, 0.15) is 0 Å². The molecule has 0 saturated carbocycles. The van der Waals surface area contributed by atoms with Crippen molar-refractivity contribution in [2.75, 3.05) is 25.0 Å². The molecule has 3 nitrogen and oxygen atoms in total. The molecular weight excluding hydrogens is 308 g/mol. The number of halogens is 1. The molecule has 0 fully saturated rings. The highest BCUT2D eigenvalue weighted by Crippen LogP contribution is 2.34. The van der Waals surface area contributed by atoms with Gasteiger partial charge in [-0.25, -0.2) is 0 Å². The van der Waals surface area contributed by atoms with Crippen molar-refractivity contribution in [3.05, 3.63) is 20.4 Å². The van der Waals surface area contributed by atoms with E-state index in [9.17, 15) is 0 Å². The molecule has 0 aliphatic carbocycles. The molecule has 16 heavy (non-hydrogen) atoms. The Labute approximate surface area is 111 Å².